The van der Waals surface area contributed by atoms with Gasteiger partial charge in [-0.05, 0) is 29.1 Å². The van der Waals surface area contributed by atoms with E-state index in [2.05, 4.69) is 5.32 Å². The van der Waals surface area contributed by atoms with Gasteiger partial charge in [-0.3, -0.25) is 4.79 Å². The highest BCUT2D eigenvalue weighted by atomic mass is 32.2. The molecule has 0 radical (unpaired) electrons. The standard InChI is InChI=1S/C14H16N2O3S2/c1-16(2)21(18,19)12-7-5-11(6-8-12)10-15-14(17)13-4-3-9-20-13/h3-9H,10H2,1-2H3,(H,15,17). The second kappa shape index (κ2) is 6.38. The molecule has 2 rings (SSSR count). The van der Waals surface area contributed by atoms with Crippen LogP contribution in [0.15, 0.2) is 46.7 Å². The molecule has 1 N–H and O–H groups in total. The summed E-state index contributed by atoms with van der Waals surface area (Å²) in [5.41, 5.74) is 0.845. The Balaban J connectivity index is 2.02. The van der Waals surface area contributed by atoms with Crippen LogP contribution in [0.5, 0.6) is 0 Å². The molecule has 112 valence electrons. The maximum Gasteiger partial charge on any atom is 0.261 e. The van der Waals surface area contributed by atoms with Crippen LogP contribution >= 0.6 is 11.3 Å². The van der Waals surface area contributed by atoms with Gasteiger partial charge < -0.3 is 5.32 Å². The number of hydrogen-bond donors (Lipinski definition) is 1. The van der Waals surface area contributed by atoms with Crippen LogP contribution in [0.1, 0.15) is 15.2 Å². The molecule has 0 bridgehead atoms. The smallest absolute Gasteiger partial charge is 0.261 e. The van der Waals surface area contributed by atoms with Crippen LogP contribution in [0, 0.1) is 0 Å². The van der Waals surface area contributed by atoms with Crippen LogP contribution in [-0.2, 0) is 16.6 Å². The maximum atomic E-state index is 11.9. The van der Waals surface area contributed by atoms with Gasteiger partial charge in [0.1, 0.15) is 0 Å². The van der Waals surface area contributed by atoms with Gasteiger partial charge in [-0.1, -0.05) is 18.2 Å². The van der Waals surface area contributed by atoms with Gasteiger partial charge in [0.2, 0.25) is 10.0 Å². The molecule has 0 aliphatic heterocycles. The molecule has 2 aromatic rings. The van der Waals surface area contributed by atoms with Gasteiger partial charge in [-0.2, -0.15) is 0 Å². The molecule has 1 heterocycles. The van der Waals surface area contributed by atoms with Crippen LogP contribution < -0.4 is 5.32 Å². The molecule has 0 unspecified atom stereocenters. The third-order valence-corrected chi connectivity index (χ3v) is 5.60. The minimum Gasteiger partial charge on any atom is -0.347 e. The number of amides is 1. The third-order valence-electron chi connectivity index (χ3n) is 2.90. The van der Waals surface area contributed by atoms with Crippen molar-refractivity contribution >= 4 is 27.3 Å². The molecule has 1 amide bonds. The largest absolute Gasteiger partial charge is 0.347 e. The molecule has 0 spiro atoms. The Morgan fingerprint density at radius 1 is 1.19 bits per heavy atom. The Morgan fingerprint density at radius 2 is 1.86 bits per heavy atom. The lowest BCUT2D eigenvalue weighted by atomic mass is 10.2. The van der Waals surface area contributed by atoms with Crippen LogP contribution in [0.25, 0.3) is 0 Å². The fourth-order valence-corrected chi connectivity index (χ4v) is 3.21. The van der Waals surface area contributed by atoms with E-state index < -0.39 is 10.0 Å². The predicted molar refractivity (Wildman–Crippen MR) is 82.8 cm³/mol. The summed E-state index contributed by atoms with van der Waals surface area (Å²) >= 11 is 1.38. The quantitative estimate of drug-likeness (QED) is 0.914. The van der Waals surface area contributed by atoms with E-state index in [4.69, 9.17) is 0 Å². The highest BCUT2D eigenvalue weighted by molar-refractivity contribution is 7.89. The second-order valence-corrected chi connectivity index (χ2v) is 7.69. The Morgan fingerprint density at radius 3 is 2.38 bits per heavy atom. The molecule has 0 atom stereocenters. The fourth-order valence-electron chi connectivity index (χ4n) is 1.67. The minimum absolute atomic E-state index is 0.130. The Bertz CT molecular complexity index is 705. The topological polar surface area (TPSA) is 66.5 Å². The Kier molecular flexibility index (Phi) is 4.76. The van der Waals surface area contributed by atoms with Gasteiger partial charge >= 0.3 is 0 Å². The van der Waals surface area contributed by atoms with Crippen molar-refractivity contribution in [3.8, 4) is 0 Å². The molecule has 0 saturated carbocycles. The van der Waals surface area contributed by atoms with Gasteiger partial charge in [0.05, 0.1) is 9.77 Å². The summed E-state index contributed by atoms with van der Waals surface area (Å²) < 4.78 is 25.0. The van der Waals surface area contributed by atoms with Crippen molar-refractivity contribution in [1.82, 2.24) is 9.62 Å². The molecule has 0 aliphatic carbocycles. The number of nitrogens with one attached hydrogen (secondary N) is 1. The van der Waals surface area contributed by atoms with Crippen LogP contribution in [0.2, 0.25) is 0 Å². The molecule has 0 saturated heterocycles. The summed E-state index contributed by atoms with van der Waals surface area (Å²) in [6.07, 6.45) is 0. The molecule has 21 heavy (non-hydrogen) atoms. The summed E-state index contributed by atoms with van der Waals surface area (Å²) in [6, 6.07) is 10.1. The van der Waals surface area contributed by atoms with Crippen molar-refractivity contribution in [2.45, 2.75) is 11.4 Å². The van der Waals surface area contributed by atoms with E-state index in [1.165, 1.54) is 29.7 Å². The molecule has 1 aromatic carbocycles. The van der Waals surface area contributed by atoms with E-state index in [0.717, 1.165) is 5.56 Å². The van der Waals surface area contributed by atoms with Crippen LogP contribution in [-0.4, -0.2) is 32.7 Å². The lowest BCUT2D eigenvalue weighted by Crippen LogP contribution is -2.23. The molecule has 0 aliphatic rings. The van der Waals surface area contributed by atoms with Gasteiger partial charge in [-0.25, -0.2) is 12.7 Å². The normalized spacial score (nSPS) is 11.6. The van der Waals surface area contributed by atoms with Gasteiger partial charge in [-0.15, -0.1) is 11.3 Å². The number of rotatable bonds is 5. The average molecular weight is 324 g/mol. The SMILES string of the molecule is CN(C)S(=O)(=O)c1ccc(CNC(=O)c2cccs2)cc1. The number of sulfonamides is 1. The number of benzene rings is 1. The van der Waals surface area contributed by atoms with Crippen molar-refractivity contribution in [3.63, 3.8) is 0 Å². The summed E-state index contributed by atoms with van der Waals surface area (Å²) in [5, 5.41) is 4.64. The lowest BCUT2D eigenvalue weighted by Gasteiger charge is -2.11. The average Bonchev–Trinajstić information content (AvgIpc) is 2.99. The zero-order valence-corrected chi connectivity index (χ0v) is 13.4. The zero-order valence-electron chi connectivity index (χ0n) is 11.7. The first-order valence-electron chi connectivity index (χ1n) is 6.24. The summed E-state index contributed by atoms with van der Waals surface area (Å²) in [7, 11) is -0.432. The first-order chi connectivity index (χ1) is 9.91. The number of hydrogen-bond acceptors (Lipinski definition) is 4. The van der Waals surface area contributed by atoms with E-state index in [0.29, 0.717) is 11.4 Å². The zero-order chi connectivity index (χ0) is 15.5. The number of carbonyl (C=O) groups is 1. The summed E-state index contributed by atoms with van der Waals surface area (Å²) in [5.74, 6) is -0.130. The van der Waals surface area contributed by atoms with E-state index in [1.54, 1.807) is 30.3 Å². The van der Waals surface area contributed by atoms with Gasteiger partial charge in [0, 0.05) is 20.6 Å². The molecular weight excluding hydrogens is 308 g/mol. The van der Waals surface area contributed by atoms with Crippen molar-refractivity contribution in [2.24, 2.45) is 0 Å². The number of thiophene rings is 1. The molecule has 0 fully saturated rings. The van der Waals surface area contributed by atoms with Crippen molar-refractivity contribution in [2.75, 3.05) is 14.1 Å². The van der Waals surface area contributed by atoms with E-state index in [1.807, 2.05) is 11.4 Å². The monoisotopic (exact) mass is 324 g/mol. The van der Waals surface area contributed by atoms with Gasteiger partial charge in [0.25, 0.3) is 5.91 Å². The maximum absolute atomic E-state index is 11.9. The Labute approximate surface area is 128 Å². The van der Waals surface area contributed by atoms with E-state index in [9.17, 15) is 13.2 Å². The van der Waals surface area contributed by atoms with Gasteiger partial charge in [0.15, 0.2) is 0 Å². The highest BCUT2D eigenvalue weighted by Crippen LogP contribution is 2.14. The lowest BCUT2D eigenvalue weighted by molar-refractivity contribution is 0.0955. The summed E-state index contributed by atoms with van der Waals surface area (Å²) in [6.45, 7) is 0.360. The number of carbonyl (C=O) groups excluding carboxylic acids is 1. The van der Waals surface area contributed by atoms with E-state index >= 15 is 0 Å². The van der Waals surface area contributed by atoms with Crippen molar-refractivity contribution < 1.29 is 13.2 Å². The second-order valence-electron chi connectivity index (χ2n) is 4.59. The fraction of sp³-hybridized carbons (Fsp3) is 0.214. The first kappa shape index (κ1) is 15.7. The van der Waals surface area contributed by atoms with Crippen molar-refractivity contribution in [1.29, 1.82) is 0 Å². The molecule has 5 nitrogen and oxygen atoms in total. The van der Waals surface area contributed by atoms with Crippen LogP contribution in [0.4, 0.5) is 0 Å². The van der Waals surface area contributed by atoms with E-state index in [-0.39, 0.29) is 10.8 Å². The first-order valence-corrected chi connectivity index (χ1v) is 8.56. The molecule has 1 aromatic heterocycles. The van der Waals surface area contributed by atoms with Crippen molar-refractivity contribution in [3.05, 3.63) is 52.2 Å². The predicted octanol–water partition coefficient (Wildman–Crippen LogP) is 1.93. The Hall–Kier alpha value is -1.70. The van der Waals surface area contributed by atoms with Crippen LogP contribution in [0.3, 0.4) is 0 Å². The highest BCUT2D eigenvalue weighted by Gasteiger charge is 2.16. The molecule has 7 heteroatoms. The third kappa shape index (κ3) is 3.69. The number of nitrogens with zero attached hydrogens (tertiary/aromatic N) is 1. The molecular formula is C14H16N2O3S2. The summed E-state index contributed by atoms with van der Waals surface area (Å²) in [4.78, 5) is 12.7. The minimum atomic E-state index is -3.41.